The summed E-state index contributed by atoms with van der Waals surface area (Å²) in [5, 5.41) is 14.5. The minimum Gasteiger partial charge on any atom is -0.367 e. The lowest BCUT2D eigenvalue weighted by atomic mass is 10.0. The molecule has 1 unspecified atom stereocenters. The van der Waals surface area contributed by atoms with Gasteiger partial charge >= 0.3 is 0 Å². The summed E-state index contributed by atoms with van der Waals surface area (Å²) in [5.41, 5.74) is 3.93. The van der Waals surface area contributed by atoms with Crippen molar-refractivity contribution in [2.45, 2.75) is 6.04 Å². The number of hydrogen-bond donors (Lipinski definition) is 2. The van der Waals surface area contributed by atoms with Crippen LogP contribution in [0.1, 0.15) is 11.6 Å². The van der Waals surface area contributed by atoms with E-state index in [1.807, 2.05) is 60.7 Å². The zero-order valence-corrected chi connectivity index (χ0v) is 12.2. The van der Waals surface area contributed by atoms with E-state index < -0.39 is 6.04 Å². The fraction of sp³-hybridized carbons (Fsp3) is 0.0556. The maximum atomic E-state index is 12.5. The number of anilines is 2. The van der Waals surface area contributed by atoms with Crippen LogP contribution in [-0.2, 0) is 4.79 Å². The van der Waals surface area contributed by atoms with E-state index in [0.717, 1.165) is 16.8 Å². The lowest BCUT2D eigenvalue weighted by Gasteiger charge is -2.27. The summed E-state index contributed by atoms with van der Waals surface area (Å²) in [6.45, 7) is 0. The number of carbonyl (C=O) groups is 1. The van der Waals surface area contributed by atoms with Gasteiger partial charge in [0.2, 0.25) is 0 Å². The third-order valence-corrected chi connectivity index (χ3v) is 3.84. The molecule has 1 aromatic heterocycles. The fourth-order valence-electron chi connectivity index (χ4n) is 2.72. The van der Waals surface area contributed by atoms with Crippen molar-refractivity contribution >= 4 is 17.3 Å². The van der Waals surface area contributed by atoms with Crippen LogP contribution >= 0.6 is 0 Å². The highest BCUT2D eigenvalue weighted by atomic mass is 16.2. The molecule has 0 aliphatic carbocycles. The number of hydrogen-bond acceptors (Lipinski definition) is 4. The summed E-state index contributed by atoms with van der Waals surface area (Å²) < 4.78 is 0. The molecule has 5 heteroatoms. The summed E-state index contributed by atoms with van der Waals surface area (Å²) in [6.07, 6.45) is 1.64. The largest absolute Gasteiger partial charge is 0.367 e. The van der Waals surface area contributed by atoms with Crippen molar-refractivity contribution in [2.75, 3.05) is 10.6 Å². The Morgan fingerprint density at radius 1 is 0.913 bits per heavy atom. The third kappa shape index (κ3) is 2.42. The number of amides is 1. The summed E-state index contributed by atoms with van der Waals surface area (Å²) in [6, 6.07) is 18.9. The highest BCUT2D eigenvalue weighted by Gasteiger charge is 2.29. The van der Waals surface area contributed by atoms with Crippen molar-refractivity contribution in [1.29, 1.82) is 0 Å². The molecule has 3 aromatic rings. The minimum atomic E-state index is -0.434. The molecule has 4 rings (SSSR count). The summed E-state index contributed by atoms with van der Waals surface area (Å²) in [4.78, 5) is 12.5. The number of rotatable bonds is 2. The quantitative estimate of drug-likeness (QED) is 0.762. The van der Waals surface area contributed by atoms with Gasteiger partial charge in [-0.3, -0.25) is 4.79 Å². The maximum absolute atomic E-state index is 12.5. The van der Waals surface area contributed by atoms with Gasteiger partial charge < -0.3 is 10.6 Å². The molecule has 0 radical (unpaired) electrons. The van der Waals surface area contributed by atoms with Crippen molar-refractivity contribution < 1.29 is 4.79 Å². The molecule has 0 fully saturated rings. The van der Waals surface area contributed by atoms with Gasteiger partial charge in [0.05, 0.1) is 17.6 Å². The first-order valence-electron chi connectivity index (χ1n) is 7.36. The average Bonchev–Trinajstić information content (AvgIpc) is 2.62. The van der Waals surface area contributed by atoms with Crippen molar-refractivity contribution in [1.82, 2.24) is 10.2 Å². The number of fused-ring (bicyclic) bond motifs is 1. The normalized spacial score (nSPS) is 16.2. The van der Waals surface area contributed by atoms with Crippen LogP contribution in [0.2, 0.25) is 0 Å². The Hall–Kier alpha value is -3.21. The second-order valence-corrected chi connectivity index (χ2v) is 5.33. The molecule has 1 aliphatic heterocycles. The lowest BCUT2D eigenvalue weighted by molar-refractivity contribution is -0.117. The first-order chi connectivity index (χ1) is 11.3. The number of nitrogens with zero attached hydrogens (tertiary/aromatic N) is 2. The van der Waals surface area contributed by atoms with Crippen LogP contribution in [0, 0.1) is 0 Å². The van der Waals surface area contributed by atoms with E-state index >= 15 is 0 Å². The zero-order chi connectivity index (χ0) is 15.6. The van der Waals surface area contributed by atoms with E-state index in [4.69, 9.17) is 0 Å². The van der Waals surface area contributed by atoms with Crippen molar-refractivity contribution in [2.24, 2.45) is 0 Å². The van der Waals surface area contributed by atoms with Gasteiger partial charge in [-0.25, -0.2) is 0 Å². The number of aromatic nitrogens is 2. The first-order valence-corrected chi connectivity index (χ1v) is 7.36. The Labute approximate surface area is 133 Å². The van der Waals surface area contributed by atoms with Crippen LogP contribution in [0.3, 0.4) is 0 Å². The predicted octanol–water partition coefficient (Wildman–Crippen LogP) is 3.25. The standard InChI is InChI=1S/C18H14N4O/c23-18-16(13-9-5-2-6-10-13)20-14-11-19-22-15(17(14)21-18)12-7-3-1-4-8-12/h1-11,16,20H,(H,21,23). The molecule has 5 nitrogen and oxygen atoms in total. The second kappa shape index (κ2) is 5.53. The summed E-state index contributed by atoms with van der Waals surface area (Å²) in [5.74, 6) is -0.103. The predicted molar refractivity (Wildman–Crippen MR) is 88.9 cm³/mol. The molecule has 2 heterocycles. The summed E-state index contributed by atoms with van der Waals surface area (Å²) in [7, 11) is 0. The monoisotopic (exact) mass is 302 g/mol. The van der Waals surface area contributed by atoms with E-state index in [2.05, 4.69) is 20.8 Å². The Bertz CT molecular complexity index is 849. The van der Waals surface area contributed by atoms with Crippen LogP contribution in [0.4, 0.5) is 11.4 Å². The van der Waals surface area contributed by atoms with Gasteiger partial charge in [0.1, 0.15) is 11.7 Å². The molecular formula is C18H14N4O. The fourth-order valence-corrected chi connectivity index (χ4v) is 2.72. The molecule has 23 heavy (non-hydrogen) atoms. The van der Waals surface area contributed by atoms with Crippen LogP contribution < -0.4 is 10.6 Å². The number of benzene rings is 2. The van der Waals surface area contributed by atoms with Gasteiger partial charge in [-0.15, -0.1) is 5.10 Å². The minimum absolute atomic E-state index is 0.103. The maximum Gasteiger partial charge on any atom is 0.251 e. The Morgan fingerprint density at radius 2 is 1.61 bits per heavy atom. The van der Waals surface area contributed by atoms with Gasteiger partial charge in [0.25, 0.3) is 5.91 Å². The average molecular weight is 302 g/mol. The number of nitrogens with one attached hydrogen (secondary N) is 2. The van der Waals surface area contributed by atoms with Gasteiger partial charge in [-0.1, -0.05) is 60.7 Å². The smallest absolute Gasteiger partial charge is 0.251 e. The molecular weight excluding hydrogens is 288 g/mol. The second-order valence-electron chi connectivity index (χ2n) is 5.33. The van der Waals surface area contributed by atoms with Crippen molar-refractivity contribution in [3.8, 4) is 11.3 Å². The van der Waals surface area contributed by atoms with Crippen LogP contribution in [-0.4, -0.2) is 16.1 Å². The van der Waals surface area contributed by atoms with Gasteiger partial charge in [-0.2, -0.15) is 5.10 Å². The van der Waals surface area contributed by atoms with E-state index in [-0.39, 0.29) is 5.91 Å². The van der Waals surface area contributed by atoms with Gasteiger partial charge in [0.15, 0.2) is 0 Å². The SMILES string of the molecule is O=C1Nc2c(cnnc2-c2ccccc2)NC1c1ccccc1. The van der Waals surface area contributed by atoms with Crippen molar-refractivity contribution in [3.63, 3.8) is 0 Å². The number of carbonyl (C=O) groups excluding carboxylic acids is 1. The molecule has 1 aliphatic rings. The zero-order valence-electron chi connectivity index (χ0n) is 12.2. The molecule has 1 amide bonds. The molecule has 0 saturated carbocycles. The molecule has 0 bridgehead atoms. The van der Waals surface area contributed by atoms with Gasteiger partial charge in [0, 0.05) is 5.56 Å². The Balaban J connectivity index is 1.76. The Kier molecular flexibility index (Phi) is 3.24. The van der Waals surface area contributed by atoms with Gasteiger partial charge in [-0.05, 0) is 5.56 Å². The first kappa shape index (κ1) is 13.5. The Morgan fingerprint density at radius 3 is 2.35 bits per heavy atom. The highest BCUT2D eigenvalue weighted by molar-refractivity contribution is 6.06. The topological polar surface area (TPSA) is 66.9 Å². The van der Waals surface area contributed by atoms with Crippen LogP contribution in [0.5, 0.6) is 0 Å². The molecule has 0 spiro atoms. The molecule has 2 N–H and O–H groups in total. The molecule has 112 valence electrons. The third-order valence-electron chi connectivity index (χ3n) is 3.84. The molecule has 1 atom stereocenters. The molecule has 2 aromatic carbocycles. The molecule has 0 saturated heterocycles. The van der Waals surface area contributed by atoms with E-state index in [0.29, 0.717) is 11.4 Å². The van der Waals surface area contributed by atoms with E-state index in [1.54, 1.807) is 6.20 Å². The highest BCUT2D eigenvalue weighted by Crippen LogP contribution is 2.37. The van der Waals surface area contributed by atoms with Crippen LogP contribution in [0.25, 0.3) is 11.3 Å². The lowest BCUT2D eigenvalue weighted by Crippen LogP contribution is -2.32. The van der Waals surface area contributed by atoms with E-state index in [9.17, 15) is 4.79 Å². The summed E-state index contributed by atoms with van der Waals surface area (Å²) >= 11 is 0. The van der Waals surface area contributed by atoms with E-state index in [1.165, 1.54) is 0 Å². The van der Waals surface area contributed by atoms with Crippen LogP contribution in [0.15, 0.2) is 66.9 Å². The van der Waals surface area contributed by atoms with Crippen molar-refractivity contribution in [3.05, 3.63) is 72.4 Å².